The highest BCUT2D eigenvalue weighted by molar-refractivity contribution is 7.91. The Kier molecular flexibility index (Phi) is 5.41. The summed E-state index contributed by atoms with van der Waals surface area (Å²) in [5, 5.41) is 0. The van der Waals surface area contributed by atoms with Crippen LogP contribution in [0.3, 0.4) is 0 Å². The molecule has 2 atom stereocenters. The maximum absolute atomic E-state index is 12.8. The van der Waals surface area contributed by atoms with E-state index in [1.165, 1.54) is 11.3 Å². The Morgan fingerprint density at radius 1 is 1.44 bits per heavy atom. The second-order valence-electron chi connectivity index (χ2n) is 6.56. The van der Waals surface area contributed by atoms with Crippen molar-refractivity contribution in [1.82, 2.24) is 9.80 Å². The van der Waals surface area contributed by atoms with E-state index >= 15 is 0 Å². The minimum absolute atomic E-state index is 0.0187. The van der Waals surface area contributed by atoms with Gasteiger partial charge in [-0.1, -0.05) is 11.6 Å². The third-order valence-electron chi connectivity index (χ3n) is 4.83. The fraction of sp³-hybridized carbons (Fsp3) is 0.625. The minimum atomic E-state index is -3.05. The first kappa shape index (κ1) is 18.7. The zero-order valence-corrected chi connectivity index (χ0v) is 16.4. The Labute approximate surface area is 156 Å². The molecule has 1 aromatic heterocycles. The van der Waals surface area contributed by atoms with Gasteiger partial charge in [0.05, 0.1) is 28.3 Å². The van der Waals surface area contributed by atoms with Crippen LogP contribution in [0.5, 0.6) is 0 Å². The standard InChI is InChI=1S/C16H21ClN2O4S2/c1-2-18(9-13-3-4-14(17)24-13)16(21)11-7-15(20)19(8-11)12-5-6-25(22,23)10-12/h3-4,11-12H,2,5-10H2,1H3/t11-,12-/m0/s1. The SMILES string of the molecule is CCN(Cc1ccc(Cl)s1)C(=O)[C@H]1CC(=O)N([C@H]2CCS(=O)(=O)C2)C1. The minimum Gasteiger partial charge on any atom is -0.338 e. The van der Waals surface area contributed by atoms with Gasteiger partial charge in [-0.2, -0.15) is 0 Å². The van der Waals surface area contributed by atoms with E-state index in [0.29, 0.717) is 30.4 Å². The fourth-order valence-corrected chi connectivity index (χ4v) is 6.33. The Balaban J connectivity index is 1.65. The highest BCUT2D eigenvalue weighted by Gasteiger charge is 2.42. The predicted molar refractivity (Wildman–Crippen MR) is 97.3 cm³/mol. The van der Waals surface area contributed by atoms with Crippen molar-refractivity contribution in [2.45, 2.75) is 32.4 Å². The van der Waals surface area contributed by atoms with E-state index in [9.17, 15) is 18.0 Å². The lowest BCUT2D eigenvalue weighted by atomic mass is 10.1. The summed E-state index contributed by atoms with van der Waals surface area (Å²) in [5.41, 5.74) is 0. The molecule has 0 aliphatic carbocycles. The number of likely N-dealkylation sites (tertiary alicyclic amines) is 1. The van der Waals surface area contributed by atoms with Gasteiger partial charge in [0.2, 0.25) is 11.8 Å². The molecule has 3 rings (SSSR count). The Morgan fingerprint density at radius 3 is 2.76 bits per heavy atom. The van der Waals surface area contributed by atoms with E-state index in [2.05, 4.69) is 0 Å². The highest BCUT2D eigenvalue weighted by atomic mass is 35.5. The summed E-state index contributed by atoms with van der Waals surface area (Å²) in [6, 6.07) is 3.43. The molecular formula is C16H21ClN2O4S2. The Morgan fingerprint density at radius 2 is 2.20 bits per heavy atom. The van der Waals surface area contributed by atoms with Crippen LogP contribution in [0.2, 0.25) is 4.34 Å². The number of halogens is 1. The topological polar surface area (TPSA) is 74.8 Å². The number of carbonyl (C=O) groups excluding carboxylic acids is 2. The number of thiophene rings is 1. The summed E-state index contributed by atoms with van der Waals surface area (Å²) < 4.78 is 24.0. The van der Waals surface area contributed by atoms with Gasteiger partial charge >= 0.3 is 0 Å². The van der Waals surface area contributed by atoms with Crippen LogP contribution in [-0.4, -0.2) is 60.7 Å². The van der Waals surface area contributed by atoms with Crippen LogP contribution in [0.25, 0.3) is 0 Å². The largest absolute Gasteiger partial charge is 0.338 e. The molecule has 0 unspecified atom stereocenters. The second-order valence-corrected chi connectivity index (χ2v) is 10.6. The van der Waals surface area contributed by atoms with Crippen LogP contribution < -0.4 is 0 Å². The fourth-order valence-electron chi connectivity index (χ4n) is 3.50. The van der Waals surface area contributed by atoms with Crippen LogP contribution in [0.4, 0.5) is 0 Å². The number of carbonyl (C=O) groups is 2. The summed E-state index contributed by atoms with van der Waals surface area (Å²) in [6.07, 6.45) is 0.636. The lowest BCUT2D eigenvalue weighted by molar-refractivity contribution is -0.136. The molecule has 0 N–H and O–H groups in total. The van der Waals surface area contributed by atoms with Crippen molar-refractivity contribution >= 4 is 44.6 Å². The second kappa shape index (κ2) is 7.25. The molecule has 6 nitrogen and oxygen atoms in total. The smallest absolute Gasteiger partial charge is 0.228 e. The van der Waals surface area contributed by atoms with Gasteiger partial charge in [-0.05, 0) is 25.5 Å². The van der Waals surface area contributed by atoms with Gasteiger partial charge in [0.1, 0.15) is 0 Å². The van der Waals surface area contributed by atoms with Crippen molar-refractivity contribution in [3.8, 4) is 0 Å². The van der Waals surface area contributed by atoms with Crippen molar-refractivity contribution in [2.24, 2.45) is 5.92 Å². The molecule has 25 heavy (non-hydrogen) atoms. The van der Waals surface area contributed by atoms with Gasteiger partial charge < -0.3 is 9.80 Å². The molecular weight excluding hydrogens is 384 g/mol. The van der Waals surface area contributed by atoms with Crippen molar-refractivity contribution in [3.05, 3.63) is 21.3 Å². The zero-order chi connectivity index (χ0) is 18.2. The van der Waals surface area contributed by atoms with Crippen molar-refractivity contribution < 1.29 is 18.0 Å². The molecule has 9 heteroatoms. The van der Waals surface area contributed by atoms with Crippen LogP contribution in [0.15, 0.2) is 12.1 Å². The van der Waals surface area contributed by atoms with Crippen LogP contribution in [-0.2, 0) is 26.0 Å². The summed E-state index contributed by atoms with van der Waals surface area (Å²) in [5.74, 6) is -0.420. The van der Waals surface area contributed by atoms with E-state index < -0.39 is 15.8 Å². The molecule has 2 aliphatic rings. The average molecular weight is 405 g/mol. The molecule has 0 bridgehead atoms. The van der Waals surface area contributed by atoms with E-state index in [0.717, 1.165) is 4.88 Å². The average Bonchev–Trinajstić information content (AvgIpc) is 3.23. The summed E-state index contributed by atoms with van der Waals surface area (Å²) >= 11 is 7.38. The molecule has 0 spiro atoms. The van der Waals surface area contributed by atoms with Crippen LogP contribution >= 0.6 is 22.9 Å². The first-order valence-electron chi connectivity index (χ1n) is 8.32. The lowest BCUT2D eigenvalue weighted by Crippen LogP contribution is -2.40. The molecule has 2 aliphatic heterocycles. The lowest BCUT2D eigenvalue weighted by Gasteiger charge is -2.25. The number of sulfone groups is 1. The first-order chi connectivity index (χ1) is 11.8. The third kappa shape index (κ3) is 4.17. The summed E-state index contributed by atoms with van der Waals surface area (Å²) in [6.45, 7) is 3.26. The quantitative estimate of drug-likeness (QED) is 0.749. The zero-order valence-electron chi connectivity index (χ0n) is 14.0. The molecule has 2 amide bonds. The third-order valence-corrected chi connectivity index (χ3v) is 7.79. The van der Waals surface area contributed by atoms with E-state index in [1.54, 1.807) is 15.9 Å². The number of nitrogens with zero attached hydrogens (tertiary/aromatic N) is 2. The van der Waals surface area contributed by atoms with Crippen molar-refractivity contribution in [1.29, 1.82) is 0 Å². The molecule has 138 valence electrons. The molecule has 0 aromatic carbocycles. The molecule has 2 fully saturated rings. The number of hydrogen-bond acceptors (Lipinski definition) is 5. The van der Waals surface area contributed by atoms with Crippen molar-refractivity contribution in [3.63, 3.8) is 0 Å². The number of rotatable bonds is 5. The van der Waals surface area contributed by atoms with Gasteiger partial charge in [0, 0.05) is 30.4 Å². The summed E-state index contributed by atoms with van der Waals surface area (Å²) in [4.78, 5) is 29.5. The first-order valence-corrected chi connectivity index (χ1v) is 11.3. The molecule has 1 aromatic rings. The number of amides is 2. The Bertz CT molecular complexity index is 777. The van der Waals surface area contributed by atoms with Gasteiger partial charge in [-0.15, -0.1) is 11.3 Å². The Hall–Kier alpha value is -1.12. The number of hydrogen-bond donors (Lipinski definition) is 0. The van der Waals surface area contributed by atoms with Gasteiger partial charge in [-0.3, -0.25) is 9.59 Å². The highest BCUT2D eigenvalue weighted by Crippen LogP contribution is 2.28. The maximum Gasteiger partial charge on any atom is 0.228 e. The van der Waals surface area contributed by atoms with E-state index in [1.807, 2.05) is 13.0 Å². The molecule has 0 radical (unpaired) electrons. The normalized spacial score (nSPS) is 25.5. The molecule has 3 heterocycles. The van der Waals surface area contributed by atoms with Crippen LogP contribution in [0.1, 0.15) is 24.6 Å². The van der Waals surface area contributed by atoms with E-state index in [4.69, 9.17) is 11.6 Å². The monoisotopic (exact) mass is 404 g/mol. The molecule has 2 saturated heterocycles. The van der Waals surface area contributed by atoms with Gasteiger partial charge in [0.25, 0.3) is 0 Å². The molecule has 0 saturated carbocycles. The summed E-state index contributed by atoms with van der Waals surface area (Å²) in [7, 11) is -3.05. The van der Waals surface area contributed by atoms with E-state index in [-0.39, 0.29) is 35.8 Å². The predicted octanol–water partition coefficient (Wildman–Crippen LogP) is 1.79. The van der Waals surface area contributed by atoms with Crippen molar-refractivity contribution in [2.75, 3.05) is 24.6 Å². The maximum atomic E-state index is 12.8. The van der Waals surface area contributed by atoms with Crippen LogP contribution in [0, 0.1) is 5.92 Å². The van der Waals surface area contributed by atoms with Gasteiger partial charge in [-0.25, -0.2) is 8.42 Å². The van der Waals surface area contributed by atoms with Gasteiger partial charge in [0.15, 0.2) is 9.84 Å².